The lowest BCUT2D eigenvalue weighted by Crippen LogP contribution is -2.06. The fourth-order valence-corrected chi connectivity index (χ4v) is 2.43. The van der Waals surface area contributed by atoms with E-state index in [1.807, 2.05) is 24.3 Å². The molecule has 0 saturated carbocycles. The first-order valence-corrected chi connectivity index (χ1v) is 7.33. The van der Waals surface area contributed by atoms with Gasteiger partial charge in [-0.3, -0.25) is 0 Å². The van der Waals surface area contributed by atoms with E-state index in [2.05, 4.69) is 29.8 Å². The molecule has 3 heteroatoms. The molecule has 1 atom stereocenters. The number of hydrogen-bond donors (Lipinski definition) is 0. The highest BCUT2D eigenvalue weighted by atomic mass is 79.9. The SMILES string of the molecule is CC(C)CC(Cl)CCCOc1ccc(Br)cc1. The number of ether oxygens (including phenoxy) is 1. The van der Waals surface area contributed by atoms with Gasteiger partial charge in [-0.2, -0.15) is 0 Å². The smallest absolute Gasteiger partial charge is 0.119 e. The van der Waals surface area contributed by atoms with Crippen LogP contribution in [0, 0.1) is 5.92 Å². The van der Waals surface area contributed by atoms with Crippen molar-refractivity contribution in [3.63, 3.8) is 0 Å². The molecular weight excluding hydrogens is 300 g/mol. The Labute approximate surface area is 118 Å². The van der Waals surface area contributed by atoms with E-state index in [0.717, 1.165) is 36.1 Å². The van der Waals surface area contributed by atoms with Crippen molar-refractivity contribution in [1.29, 1.82) is 0 Å². The number of alkyl halides is 1. The van der Waals surface area contributed by atoms with Gasteiger partial charge in [0, 0.05) is 9.85 Å². The first-order chi connectivity index (χ1) is 8.08. The lowest BCUT2D eigenvalue weighted by atomic mass is 10.1. The van der Waals surface area contributed by atoms with Gasteiger partial charge in [0.2, 0.25) is 0 Å². The fraction of sp³-hybridized carbons (Fsp3) is 0.571. The molecule has 0 radical (unpaired) electrons. The lowest BCUT2D eigenvalue weighted by Gasteiger charge is -2.12. The quantitative estimate of drug-likeness (QED) is 0.492. The van der Waals surface area contributed by atoms with Crippen molar-refractivity contribution in [2.24, 2.45) is 5.92 Å². The third kappa shape index (κ3) is 6.95. The van der Waals surface area contributed by atoms with Gasteiger partial charge < -0.3 is 4.74 Å². The summed E-state index contributed by atoms with van der Waals surface area (Å²) in [6.45, 7) is 5.14. The summed E-state index contributed by atoms with van der Waals surface area (Å²) in [4.78, 5) is 0. The Bertz CT molecular complexity index is 311. The fourth-order valence-electron chi connectivity index (χ4n) is 1.66. The molecule has 96 valence electrons. The van der Waals surface area contributed by atoms with Gasteiger partial charge in [0.25, 0.3) is 0 Å². The van der Waals surface area contributed by atoms with Gasteiger partial charge in [0.05, 0.1) is 6.61 Å². The van der Waals surface area contributed by atoms with Crippen LogP contribution in [0.5, 0.6) is 5.75 Å². The van der Waals surface area contributed by atoms with Crippen LogP contribution in [0.15, 0.2) is 28.7 Å². The monoisotopic (exact) mass is 318 g/mol. The second-order valence-electron chi connectivity index (χ2n) is 4.67. The highest BCUT2D eigenvalue weighted by molar-refractivity contribution is 9.10. The zero-order valence-electron chi connectivity index (χ0n) is 10.5. The van der Waals surface area contributed by atoms with Crippen molar-refractivity contribution in [2.75, 3.05) is 6.61 Å². The minimum atomic E-state index is 0.281. The number of benzene rings is 1. The van der Waals surface area contributed by atoms with Gasteiger partial charge >= 0.3 is 0 Å². The van der Waals surface area contributed by atoms with Crippen molar-refractivity contribution in [2.45, 2.75) is 38.5 Å². The molecule has 0 amide bonds. The molecule has 0 aliphatic rings. The van der Waals surface area contributed by atoms with Crippen LogP contribution in [-0.2, 0) is 0 Å². The summed E-state index contributed by atoms with van der Waals surface area (Å²) in [5.74, 6) is 1.59. The summed E-state index contributed by atoms with van der Waals surface area (Å²) >= 11 is 9.61. The van der Waals surface area contributed by atoms with E-state index in [1.54, 1.807) is 0 Å². The molecular formula is C14H20BrClO. The molecule has 0 aromatic heterocycles. The first-order valence-electron chi connectivity index (χ1n) is 6.10. The standard InChI is InChI=1S/C14H20BrClO/c1-11(2)10-13(16)4-3-9-17-14-7-5-12(15)6-8-14/h5-8,11,13H,3-4,9-10H2,1-2H3. The molecule has 0 fully saturated rings. The molecule has 1 aromatic carbocycles. The molecule has 0 bridgehead atoms. The average molecular weight is 320 g/mol. The molecule has 17 heavy (non-hydrogen) atoms. The van der Waals surface area contributed by atoms with Crippen LogP contribution < -0.4 is 4.74 Å². The van der Waals surface area contributed by atoms with Crippen LogP contribution in [0.2, 0.25) is 0 Å². The maximum absolute atomic E-state index is 6.22. The van der Waals surface area contributed by atoms with E-state index in [9.17, 15) is 0 Å². The molecule has 0 spiro atoms. The molecule has 0 N–H and O–H groups in total. The first kappa shape index (κ1) is 14.8. The Morgan fingerprint density at radius 1 is 1.24 bits per heavy atom. The molecule has 1 rings (SSSR count). The van der Waals surface area contributed by atoms with Gasteiger partial charge in [-0.1, -0.05) is 29.8 Å². The van der Waals surface area contributed by atoms with E-state index in [4.69, 9.17) is 16.3 Å². The Kier molecular flexibility index (Phi) is 6.98. The molecule has 1 unspecified atom stereocenters. The normalized spacial score (nSPS) is 12.8. The zero-order valence-corrected chi connectivity index (χ0v) is 12.8. The second-order valence-corrected chi connectivity index (χ2v) is 6.20. The molecule has 1 aromatic rings. The predicted molar refractivity (Wildman–Crippen MR) is 78.0 cm³/mol. The molecule has 0 saturated heterocycles. The van der Waals surface area contributed by atoms with Gasteiger partial charge in [0.1, 0.15) is 5.75 Å². The van der Waals surface area contributed by atoms with Crippen LogP contribution in [0.1, 0.15) is 33.1 Å². The van der Waals surface area contributed by atoms with Crippen molar-refractivity contribution >= 4 is 27.5 Å². The summed E-state index contributed by atoms with van der Waals surface area (Å²) in [5, 5.41) is 0.281. The Hall–Kier alpha value is -0.210. The Balaban J connectivity index is 2.13. The van der Waals surface area contributed by atoms with Crippen molar-refractivity contribution in [3.8, 4) is 5.75 Å². The molecule has 1 nitrogen and oxygen atoms in total. The Morgan fingerprint density at radius 2 is 1.88 bits per heavy atom. The topological polar surface area (TPSA) is 9.23 Å². The number of halogens is 2. The third-order valence-corrected chi connectivity index (χ3v) is 3.40. The maximum atomic E-state index is 6.22. The van der Waals surface area contributed by atoms with Crippen molar-refractivity contribution < 1.29 is 4.74 Å². The minimum absolute atomic E-state index is 0.281. The number of hydrogen-bond acceptors (Lipinski definition) is 1. The maximum Gasteiger partial charge on any atom is 0.119 e. The van der Waals surface area contributed by atoms with E-state index < -0.39 is 0 Å². The summed E-state index contributed by atoms with van der Waals surface area (Å²) < 4.78 is 6.71. The molecule has 0 aliphatic heterocycles. The minimum Gasteiger partial charge on any atom is -0.494 e. The van der Waals surface area contributed by atoms with Crippen LogP contribution in [0.4, 0.5) is 0 Å². The summed E-state index contributed by atoms with van der Waals surface area (Å²) in [7, 11) is 0. The van der Waals surface area contributed by atoms with Crippen LogP contribution in [-0.4, -0.2) is 12.0 Å². The lowest BCUT2D eigenvalue weighted by molar-refractivity contribution is 0.303. The highest BCUT2D eigenvalue weighted by Crippen LogP contribution is 2.18. The van der Waals surface area contributed by atoms with Crippen molar-refractivity contribution in [3.05, 3.63) is 28.7 Å². The van der Waals surface area contributed by atoms with Crippen LogP contribution in [0.3, 0.4) is 0 Å². The summed E-state index contributed by atoms with van der Waals surface area (Å²) in [6, 6.07) is 7.91. The zero-order chi connectivity index (χ0) is 12.7. The van der Waals surface area contributed by atoms with Crippen LogP contribution in [0.25, 0.3) is 0 Å². The average Bonchev–Trinajstić information content (AvgIpc) is 2.26. The third-order valence-electron chi connectivity index (χ3n) is 2.47. The van der Waals surface area contributed by atoms with Crippen molar-refractivity contribution in [1.82, 2.24) is 0 Å². The van der Waals surface area contributed by atoms with Gasteiger partial charge in [-0.05, 0) is 49.4 Å². The summed E-state index contributed by atoms with van der Waals surface area (Å²) in [6.07, 6.45) is 3.12. The van der Waals surface area contributed by atoms with E-state index in [1.165, 1.54) is 0 Å². The molecule has 0 heterocycles. The largest absolute Gasteiger partial charge is 0.494 e. The van der Waals surface area contributed by atoms with E-state index in [0.29, 0.717) is 5.92 Å². The van der Waals surface area contributed by atoms with Gasteiger partial charge in [0.15, 0.2) is 0 Å². The van der Waals surface area contributed by atoms with E-state index in [-0.39, 0.29) is 5.38 Å². The van der Waals surface area contributed by atoms with Gasteiger partial charge in [-0.15, -0.1) is 11.6 Å². The Morgan fingerprint density at radius 3 is 2.47 bits per heavy atom. The summed E-state index contributed by atoms with van der Waals surface area (Å²) in [5.41, 5.74) is 0. The van der Waals surface area contributed by atoms with E-state index >= 15 is 0 Å². The second kappa shape index (κ2) is 7.99. The predicted octanol–water partition coefficient (Wildman–Crippen LogP) is 5.26. The van der Waals surface area contributed by atoms with Gasteiger partial charge in [-0.25, -0.2) is 0 Å². The molecule has 0 aliphatic carbocycles. The number of rotatable bonds is 7. The highest BCUT2D eigenvalue weighted by Gasteiger charge is 2.06. The van der Waals surface area contributed by atoms with Crippen LogP contribution >= 0.6 is 27.5 Å².